The van der Waals surface area contributed by atoms with E-state index in [-0.39, 0.29) is 76.6 Å². The molecule has 332 valence electrons. The third-order valence-electron chi connectivity index (χ3n) is 13.1. The number of nitrogens with two attached hydrogens (primary N) is 1. The van der Waals surface area contributed by atoms with Gasteiger partial charge in [-0.05, 0) is 107 Å². The van der Waals surface area contributed by atoms with Crippen LogP contribution in [0, 0.1) is 17.7 Å². The van der Waals surface area contributed by atoms with Crippen molar-refractivity contribution in [2.24, 2.45) is 11.8 Å². The Morgan fingerprint density at radius 3 is 2.02 bits per heavy atom. The van der Waals surface area contributed by atoms with Crippen molar-refractivity contribution in [1.29, 1.82) is 0 Å². The highest BCUT2D eigenvalue weighted by atomic mass is 35.5. The molecular formula is C47H58ClFN4O8Si. The van der Waals surface area contributed by atoms with E-state index in [9.17, 15) is 9.90 Å². The minimum Gasteiger partial charge on any atom is -0.507 e. The number of nitrogens with zero attached hydrogens (tertiary/aromatic N) is 3. The highest BCUT2D eigenvalue weighted by Crippen LogP contribution is 2.59. The molecule has 62 heavy (non-hydrogen) atoms. The van der Waals surface area contributed by atoms with Gasteiger partial charge in [0, 0.05) is 23.1 Å². The number of carbonyl (C=O) groups excluding carboxylic acids is 3. The van der Waals surface area contributed by atoms with Crippen LogP contribution in [-0.2, 0) is 33.6 Å². The van der Waals surface area contributed by atoms with E-state index in [0.717, 1.165) is 11.1 Å². The van der Waals surface area contributed by atoms with Gasteiger partial charge in [0.1, 0.15) is 30.4 Å². The first-order valence-corrected chi connectivity index (χ1v) is 23.9. The number of hydrogen-bond donors (Lipinski definition) is 2. The molecule has 4 aromatic rings. The Kier molecular flexibility index (Phi) is 13.1. The van der Waals surface area contributed by atoms with Crippen molar-refractivity contribution < 1.29 is 42.3 Å². The first kappa shape index (κ1) is 46.6. The molecule has 3 aliphatic rings. The molecule has 1 aromatic heterocycles. The van der Waals surface area contributed by atoms with E-state index in [2.05, 4.69) is 5.16 Å². The molecule has 0 bridgehead atoms. The van der Waals surface area contributed by atoms with Gasteiger partial charge in [0.2, 0.25) is 16.8 Å². The lowest BCUT2D eigenvalue weighted by atomic mass is 9.57. The second-order valence-corrected chi connectivity index (χ2v) is 23.9. The molecule has 1 saturated carbocycles. The number of halogens is 2. The Morgan fingerprint density at radius 1 is 0.952 bits per heavy atom. The van der Waals surface area contributed by atoms with Crippen LogP contribution in [-0.4, -0.2) is 84.5 Å². The van der Waals surface area contributed by atoms with Crippen LogP contribution in [0.4, 0.5) is 10.1 Å². The molecule has 12 nitrogen and oxygen atoms in total. The van der Waals surface area contributed by atoms with Gasteiger partial charge in [0.15, 0.2) is 25.4 Å². The molecule has 0 unspecified atom stereocenters. The van der Waals surface area contributed by atoms with Gasteiger partial charge in [-0.25, -0.2) is 4.39 Å². The second kappa shape index (κ2) is 17.4. The van der Waals surface area contributed by atoms with Crippen molar-refractivity contribution in [1.82, 2.24) is 15.0 Å². The molecule has 15 heteroatoms. The zero-order valence-electron chi connectivity index (χ0n) is 37.4. The number of anilines is 1. The van der Waals surface area contributed by atoms with E-state index in [1.807, 2.05) is 128 Å². The van der Waals surface area contributed by atoms with E-state index in [1.165, 1.54) is 6.07 Å². The molecule has 0 spiro atoms. The average molecular weight is 890 g/mol. The Balaban J connectivity index is 0.000000642. The SMILES string of the molecule is CN(C)C(C)(C)C(=O)Cl.CN(C)[C@@H]1c2onc(OCc3ccccc3)c2C(=O)[C@@]2(O[Si](C)(C)C(C)(C)C)C(=O)C3=C(O)c4c(c(F)cc(N)c4OCc4ccccc4)C[C@H]3C[C@@H]12. The predicted octanol–water partition coefficient (Wildman–Crippen LogP) is 8.94. The Bertz CT molecular complexity index is 2380. The van der Waals surface area contributed by atoms with E-state index >= 15 is 14.0 Å². The minimum absolute atomic E-state index is 0.000431. The number of nitrogen functional groups attached to an aromatic ring is 1. The molecule has 1 fully saturated rings. The van der Waals surface area contributed by atoms with Crippen molar-refractivity contribution in [3.63, 3.8) is 0 Å². The summed E-state index contributed by atoms with van der Waals surface area (Å²) in [4.78, 5) is 45.3. The maximum atomic E-state index is 15.9. The number of hydrogen-bond acceptors (Lipinski definition) is 12. The number of benzene rings is 3. The number of ketones is 2. The van der Waals surface area contributed by atoms with Gasteiger partial charge in [-0.1, -0.05) is 81.4 Å². The summed E-state index contributed by atoms with van der Waals surface area (Å²) in [6.45, 7) is 13.8. The smallest absolute Gasteiger partial charge is 0.265 e. The zero-order chi connectivity index (χ0) is 45.7. The van der Waals surface area contributed by atoms with Gasteiger partial charge in [-0.2, -0.15) is 0 Å². The fraction of sp³-hybridized carbons (Fsp3) is 0.447. The van der Waals surface area contributed by atoms with Crippen LogP contribution in [0.5, 0.6) is 11.6 Å². The molecule has 3 aliphatic carbocycles. The summed E-state index contributed by atoms with van der Waals surface area (Å²) in [7, 11) is 4.39. The average Bonchev–Trinajstić information content (AvgIpc) is 3.62. The second-order valence-electron chi connectivity index (χ2n) is 18.8. The van der Waals surface area contributed by atoms with Gasteiger partial charge < -0.3 is 29.3 Å². The molecule has 1 heterocycles. The number of rotatable bonds is 11. The summed E-state index contributed by atoms with van der Waals surface area (Å²) in [5.74, 6) is -3.48. The predicted molar refractivity (Wildman–Crippen MR) is 239 cm³/mol. The van der Waals surface area contributed by atoms with Crippen molar-refractivity contribution in [3.05, 3.63) is 112 Å². The van der Waals surface area contributed by atoms with Crippen LogP contribution < -0.4 is 15.2 Å². The first-order chi connectivity index (χ1) is 28.9. The molecule has 0 aliphatic heterocycles. The number of aliphatic hydroxyl groups is 1. The quantitative estimate of drug-likeness (QED) is 0.0639. The van der Waals surface area contributed by atoms with Gasteiger partial charge >= 0.3 is 0 Å². The summed E-state index contributed by atoms with van der Waals surface area (Å²) in [6, 6.07) is 19.4. The van der Waals surface area contributed by atoms with Crippen LogP contribution in [0.15, 0.2) is 76.8 Å². The lowest BCUT2D eigenvalue weighted by Crippen LogP contribution is -2.68. The summed E-state index contributed by atoms with van der Waals surface area (Å²) >= 11 is 5.28. The third kappa shape index (κ3) is 8.35. The molecular weight excluding hydrogens is 831 g/mol. The van der Waals surface area contributed by atoms with Crippen LogP contribution in [0.25, 0.3) is 5.76 Å². The standard InChI is InChI=1S/C41H46FN3O7Si.C6H12ClNO/c1-40(2,3)53(6,7)52-41-27(33(45(4)5)36-32(38(41)48)39(44-51-36)50-22-24-16-12-9-13-17-24)19-25-18-26-28(42)20-29(43)35(31(26)34(46)30(25)37(41)47)49-21-23-14-10-8-11-15-23;1-6(2,5(7)9)8(3)4/h8-17,20,25,27,33,46H,18-19,21-22,43H2,1-7H3;1-4H3/t25-,27-,33-,41-;/m0./s1. The van der Waals surface area contributed by atoms with Crippen LogP contribution in [0.2, 0.25) is 18.1 Å². The maximum Gasteiger partial charge on any atom is 0.265 e. The van der Waals surface area contributed by atoms with Gasteiger partial charge in [-0.15, -0.1) is 0 Å². The highest BCUT2D eigenvalue weighted by Gasteiger charge is 2.69. The third-order valence-corrected chi connectivity index (χ3v) is 18.0. The fourth-order valence-corrected chi connectivity index (χ4v) is 9.66. The number of Topliss-reactive ketones (excluding diaryl/α,β-unsaturated/α-hetero) is 2. The lowest BCUT2D eigenvalue weighted by Gasteiger charge is -2.55. The molecule has 7 rings (SSSR count). The van der Waals surface area contributed by atoms with E-state index < -0.39 is 65.5 Å². The van der Waals surface area contributed by atoms with Crippen LogP contribution in [0.1, 0.15) is 85.5 Å². The van der Waals surface area contributed by atoms with Gasteiger partial charge in [-0.3, -0.25) is 24.2 Å². The Hall–Kier alpha value is -4.86. The van der Waals surface area contributed by atoms with Crippen molar-refractivity contribution in [2.45, 2.75) is 96.0 Å². The van der Waals surface area contributed by atoms with E-state index in [4.69, 9.17) is 35.8 Å². The topological polar surface area (TPSA) is 158 Å². The number of carbonyl (C=O) groups is 3. The van der Waals surface area contributed by atoms with Crippen molar-refractivity contribution in [3.8, 4) is 11.6 Å². The minimum atomic E-state index is -2.94. The number of likely N-dealkylation sites (N-methyl/N-ethyl adjacent to an activating group) is 1. The van der Waals surface area contributed by atoms with Crippen molar-refractivity contribution >= 4 is 48.2 Å². The molecule has 3 N–H and O–H groups in total. The first-order valence-electron chi connectivity index (χ1n) is 20.7. The van der Waals surface area contributed by atoms with E-state index in [0.29, 0.717) is 0 Å². The molecule has 0 radical (unpaired) electrons. The highest BCUT2D eigenvalue weighted by molar-refractivity contribution is 6.74. The number of aromatic nitrogens is 1. The summed E-state index contributed by atoms with van der Waals surface area (Å²) in [5, 5.41) is 15.7. The summed E-state index contributed by atoms with van der Waals surface area (Å²) in [6.07, 6.45) is 0.280. The maximum absolute atomic E-state index is 15.9. The lowest BCUT2D eigenvalue weighted by molar-refractivity contribution is -0.140. The van der Waals surface area contributed by atoms with E-state index in [1.54, 1.807) is 18.7 Å². The molecule has 4 atom stereocenters. The zero-order valence-corrected chi connectivity index (χ0v) is 39.1. The number of ether oxygens (including phenoxy) is 2. The fourth-order valence-electron chi connectivity index (χ4n) is 8.04. The molecule has 0 amide bonds. The number of fused-ring (bicyclic) bond motifs is 4. The van der Waals surface area contributed by atoms with Gasteiger partial charge in [0.25, 0.3) is 5.88 Å². The van der Waals surface area contributed by atoms with Gasteiger partial charge in [0.05, 0.1) is 22.8 Å². The normalized spacial score (nSPS) is 21.1. The largest absolute Gasteiger partial charge is 0.507 e. The number of aliphatic hydroxyl groups excluding tert-OH is 1. The molecule has 0 saturated heterocycles. The van der Waals surface area contributed by atoms with Crippen LogP contribution >= 0.6 is 11.6 Å². The molecule has 3 aromatic carbocycles. The van der Waals surface area contributed by atoms with Crippen LogP contribution in [0.3, 0.4) is 0 Å². The Morgan fingerprint density at radius 2 is 1.52 bits per heavy atom. The monoisotopic (exact) mass is 888 g/mol. The Labute approximate surface area is 369 Å². The summed E-state index contributed by atoms with van der Waals surface area (Å²) < 4.78 is 41.3. The van der Waals surface area contributed by atoms with Crippen molar-refractivity contribution in [2.75, 3.05) is 33.9 Å². The summed E-state index contributed by atoms with van der Waals surface area (Å²) in [5.41, 5.74) is 5.64.